The second-order valence-corrected chi connectivity index (χ2v) is 6.08. The number of carbonyl (C=O) groups is 1. The average Bonchev–Trinajstić information content (AvgIpc) is 2.49. The van der Waals surface area contributed by atoms with Gasteiger partial charge in [0.15, 0.2) is 0 Å². The van der Waals surface area contributed by atoms with Gasteiger partial charge in [-0.15, -0.1) is 0 Å². The minimum absolute atomic E-state index is 0.00852. The Hall–Kier alpha value is -1.32. The Kier molecular flexibility index (Phi) is 3.81. The second kappa shape index (κ2) is 5.58. The molecule has 0 aliphatic carbocycles. The first kappa shape index (κ1) is 13.7. The van der Waals surface area contributed by atoms with Gasteiger partial charge >= 0.3 is 0 Å². The fraction of sp³-hybridized carbons (Fsp3) is 0.188. The summed E-state index contributed by atoms with van der Waals surface area (Å²) in [7, 11) is 0. The first-order valence-electron chi connectivity index (χ1n) is 6.47. The van der Waals surface area contributed by atoms with Crippen LogP contribution in [0.1, 0.15) is 21.5 Å². The molecule has 0 fully saturated rings. The zero-order valence-electron chi connectivity index (χ0n) is 10.8. The third-order valence-electron chi connectivity index (χ3n) is 3.60. The van der Waals surface area contributed by atoms with Gasteiger partial charge in [-0.2, -0.15) is 0 Å². The van der Waals surface area contributed by atoms with Crippen LogP contribution in [-0.4, -0.2) is 17.4 Å². The van der Waals surface area contributed by atoms with Crippen molar-refractivity contribution in [3.05, 3.63) is 68.7 Å². The topological polar surface area (TPSA) is 20.3 Å². The Labute approximate surface area is 131 Å². The second-order valence-electron chi connectivity index (χ2n) is 4.85. The molecule has 1 aliphatic rings. The molecule has 102 valence electrons. The summed E-state index contributed by atoms with van der Waals surface area (Å²) < 4.78 is 0.752. The molecule has 0 aromatic heterocycles. The quantitative estimate of drug-likeness (QED) is 0.751. The van der Waals surface area contributed by atoms with Crippen molar-refractivity contribution in [3.8, 4) is 0 Å². The molecule has 20 heavy (non-hydrogen) atoms. The van der Waals surface area contributed by atoms with Crippen molar-refractivity contribution < 1.29 is 4.79 Å². The Morgan fingerprint density at radius 1 is 1.10 bits per heavy atom. The molecule has 0 N–H and O–H groups in total. The molecule has 1 amide bonds. The summed E-state index contributed by atoms with van der Waals surface area (Å²) in [5.41, 5.74) is 3.11. The molecule has 1 heterocycles. The van der Waals surface area contributed by atoms with Crippen LogP contribution in [0.5, 0.6) is 0 Å². The number of hydrogen-bond donors (Lipinski definition) is 0. The molecule has 4 heteroatoms. The van der Waals surface area contributed by atoms with E-state index in [1.165, 1.54) is 11.1 Å². The van der Waals surface area contributed by atoms with Crippen molar-refractivity contribution in [2.75, 3.05) is 6.54 Å². The van der Waals surface area contributed by atoms with E-state index in [1.54, 1.807) is 6.07 Å². The molecule has 2 nitrogen and oxygen atoms in total. The lowest BCUT2D eigenvalue weighted by molar-refractivity contribution is 0.0735. The van der Waals surface area contributed by atoms with Gasteiger partial charge < -0.3 is 4.90 Å². The maximum absolute atomic E-state index is 12.6. The summed E-state index contributed by atoms with van der Waals surface area (Å²) in [6.45, 7) is 1.39. The highest BCUT2D eigenvalue weighted by molar-refractivity contribution is 9.10. The number of benzene rings is 2. The van der Waals surface area contributed by atoms with E-state index in [0.29, 0.717) is 17.1 Å². The summed E-state index contributed by atoms with van der Waals surface area (Å²) in [5.74, 6) is -0.00852. The standard InChI is InChI=1S/C16H13BrClNO/c17-14-7-3-6-13(15(14)18)16(20)19-9-8-11-4-1-2-5-12(11)10-19/h1-7H,8-10H2. The molecule has 0 atom stereocenters. The smallest absolute Gasteiger partial charge is 0.255 e. The van der Waals surface area contributed by atoms with Gasteiger partial charge in [-0.25, -0.2) is 0 Å². The predicted octanol–water partition coefficient (Wildman–Crippen LogP) is 4.30. The molecule has 2 aromatic carbocycles. The van der Waals surface area contributed by atoms with E-state index < -0.39 is 0 Å². The number of nitrogens with zero attached hydrogens (tertiary/aromatic N) is 1. The van der Waals surface area contributed by atoms with Gasteiger partial charge in [-0.3, -0.25) is 4.79 Å². The highest BCUT2D eigenvalue weighted by Gasteiger charge is 2.23. The van der Waals surface area contributed by atoms with E-state index >= 15 is 0 Å². The van der Waals surface area contributed by atoms with Crippen LogP contribution in [0.2, 0.25) is 5.02 Å². The zero-order chi connectivity index (χ0) is 14.1. The number of hydrogen-bond acceptors (Lipinski definition) is 1. The average molecular weight is 351 g/mol. The highest BCUT2D eigenvalue weighted by atomic mass is 79.9. The van der Waals surface area contributed by atoms with Gasteiger partial charge in [0.25, 0.3) is 5.91 Å². The molecular weight excluding hydrogens is 338 g/mol. The van der Waals surface area contributed by atoms with Crippen LogP contribution in [0, 0.1) is 0 Å². The van der Waals surface area contributed by atoms with Gasteiger partial charge in [0, 0.05) is 17.6 Å². The summed E-state index contributed by atoms with van der Waals surface area (Å²) in [6, 6.07) is 13.7. The highest BCUT2D eigenvalue weighted by Crippen LogP contribution is 2.28. The number of amides is 1. The minimum Gasteiger partial charge on any atom is -0.334 e. The Morgan fingerprint density at radius 2 is 1.85 bits per heavy atom. The Morgan fingerprint density at radius 3 is 2.65 bits per heavy atom. The van der Waals surface area contributed by atoms with Crippen LogP contribution < -0.4 is 0 Å². The van der Waals surface area contributed by atoms with Crippen molar-refractivity contribution in [2.45, 2.75) is 13.0 Å². The molecular formula is C16H13BrClNO. The Balaban J connectivity index is 1.88. The number of rotatable bonds is 1. The third-order valence-corrected chi connectivity index (χ3v) is 4.90. The lowest BCUT2D eigenvalue weighted by atomic mass is 9.99. The predicted molar refractivity (Wildman–Crippen MR) is 84.0 cm³/mol. The fourth-order valence-corrected chi connectivity index (χ4v) is 3.08. The van der Waals surface area contributed by atoms with Gasteiger partial charge in [0.2, 0.25) is 0 Å². The van der Waals surface area contributed by atoms with Crippen molar-refractivity contribution in [3.63, 3.8) is 0 Å². The zero-order valence-corrected chi connectivity index (χ0v) is 13.1. The van der Waals surface area contributed by atoms with Crippen LogP contribution >= 0.6 is 27.5 Å². The molecule has 0 spiro atoms. The van der Waals surface area contributed by atoms with Crippen LogP contribution in [-0.2, 0) is 13.0 Å². The summed E-state index contributed by atoms with van der Waals surface area (Å²) >= 11 is 9.57. The molecule has 2 aromatic rings. The maximum atomic E-state index is 12.6. The van der Waals surface area contributed by atoms with Crippen LogP contribution in [0.3, 0.4) is 0 Å². The van der Waals surface area contributed by atoms with Crippen LogP contribution in [0.15, 0.2) is 46.9 Å². The van der Waals surface area contributed by atoms with Crippen molar-refractivity contribution in [2.24, 2.45) is 0 Å². The molecule has 1 aliphatic heterocycles. The lowest BCUT2D eigenvalue weighted by Crippen LogP contribution is -2.36. The number of halogens is 2. The van der Waals surface area contributed by atoms with Gasteiger partial charge in [0.1, 0.15) is 0 Å². The van der Waals surface area contributed by atoms with Gasteiger partial charge in [-0.05, 0) is 45.6 Å². The van der Waals surface area contributed by atoms with Gasteiger partial charge in [0.05, 0.1) is 10.6 Å². The SMILES string of the molecule is O=C(c1cccc(Br)c1Cl)N1CCc2ccccc2C1. The van der Waals surface area contributed by atoms with E-state index in [-0.39, 0.29) is 5.91 Å². The molecule has 0 unspecified atom stereocenters. The Bertz CT molecular complexity index is 671. The van der Waals surface area contributed by atoms with Crippen molar-refractivity contribution >= 4 is 33.4 Å². The van der Waals surface area contributed by atoms with E-state index in [4.69, 9.17) is 11.6 Å². The first-order valence-corrected chi connectivity index (χ1v) is 7.64. The number of fused-ring (bicyclic) bond motifs is 1. The third kappa shape index (κ3) is 2.48. The number of carbonyl (C=O) groups excluding carboxylic acids is 1. The maximum Gasteiger partial charge on any atom is 0.255 e. The minimum atomic E-state index is -0.00852. The van der Waals surface area contributed by atoms with E-state index in [9.17, 15) is 4.79 Å². The van der Waals surface area contributed by atoms with E-state index in [1.807, 2.05) is 29.2 Å². The first-order chi connectivity index (χ1) is 9.66. The monoisotopic (exact) mass is 349 g/mol. The summed E-state index contributed by atoms with van der Waals surface area (Å²) in [4.78, 5) is 14.5. The normalized spacial score (nSPS) is 14.0. The van der Waals surface area contributed by atoms with Crippen molar-refractivity contribution in [1.29, 1.82) is 0 Å². The fourth-order valence-electron chi connectivity index (χ4n) is 2.51. The molecule has 0 radical (unpaired) electrons. The van der Waals surface area contributed by atoms with Gasteiger partial charge in [-0.1, -0.05) is 41.9 Å². The largest absolute Gasteiger partial charge is 0.334 e. The van der Waals surface area contributed by atoms with E-state index in [2.05, 4.69) is 28.1 Å². The van der Waals surface area contributed by atoms with Crippen LogP contribution in [0.4, 0.5) is 0 Å². The molecule has 0 bridgehead atoms. The summed E-state index contributed by atoms with van der Waals surface area (Å²) in [5, 5.41) is 0.483. The molecule has 0 saturated carbocycles. The van der Waals surface area contributed by atoms with Crippen molar-refractivity contribution in [1.82, 2.24) is 4.90 Å². The van der Waals surface area contributed by atoms with E-state index in [0.717, 1.165) is 17.4 Å². The molecule has 3 rings (SSSR count). The molecule has 0 saturated heterocycles. The lowest BCUT2D eigenvalue weighted by Gasteiger charge is -2.29. The van der Waals surface area contributed by atoms with Crippen LogP contribution in [0.25, 0.3) is 0 Å². The summed E-state index contributed by atoms with van der Waals surface area (Å²) in [6.07, 6.45) is 0.896.